The van der Waals surface area contributed by atoms with Gasteiger partial charge in [0.05, 0.1) is 18.6 Å². The van der Waals surface area contributed by atoms with Gasteiger partial charge in [-0.15, -0.1) is 5.10 Å². The van der Waals surface area contributed by atoms with Gasteiger partial charge in [-0.1, -0.05) is 5.21 Å². The second-order valence-corrected chi connectivity index (χ2v) is 4.16. The Labute approximate surface area is 107 Å². The summed E-state index contributed by atoms with van der Waals surface area (Å²) in [6, 6.07) is 4.69. The molecule has 1 heterocycles. The third-order valence-electron chi connectivity index (χ3n) is 2.68. The summed E-state index contributed by atoms with van der Waals surface area (Å²) in [5.74, 6) is -3.70. The van der Waals surface area contributed by atoms with Crippen molar-refractivity contribution in [2.24, 2.45) is 12.8 Å². The normalized spacial score (nSPS) is 11.8. The number of aromatic nitrogens is 3. The summed E-state index contributed by atoms with van der Waals surface area (Å²) < 4.78 is 27.4. The molecule has 0 aliphatic rings. The Morgan fingerprint density at radius 2 is 2.26 bits per heavy atom. The fourth-order valence-electron chi connectivity index (χ4n) is 1.57. The number of nitrogens with two attached hydrogens (primary N) is 1. The Kier molecular flexibility index (Phi) is 3.43. The van der Waals surface area contributed by atoms with E-state index in [0.717, 1.165) is 5.52 Å². The minimum absolute atomic E-state index is 0.251. The van der Waals surface area contributed by atoms with Gasteiger partial charge in [0.25, 0.3) is 11.8 Å². The van der Waals surface area contributed by atoms with Gasteiger partial charge in [-0.25, -0.2) is 13.5 Å². The van der Waals surface area contributed by atoms with E-state index in [0.29, 0.717) is 5.52 Å². The SMILES string of the molecule is Cn1nnc2cc(C(=O)NCC(F)(F)CN)ccc21. The van der Waals surface area contributed by atoms with E-state index in [-0.39, 0.29) is 5.56 Å². The molecule has 0 radical (unpaired) electrons. The highest BCUT2D eigenvalue weighted by Gasteiger charge is 2.27. The van der Waals surface area contributed by atoms with Gasteiger partial charge in [-0.3, -0.25) is 4.79 Å². The molecule has 1 aromatic heterocycles. The number of benzene rings is 1. The van der Waals surface area contributed by atoms with Crippen molar-refractivity contribution in [1.29, 1.82) is 0 Å². The number of carbonyl (C=O) groups is 1. The van der Waals surface area contributed by atoms with Crippen molar-refractivity contribution < 1.29 is 13.6 Å². The monoisotopic (exact) mass is 269 g/mol. The van der Waals surface area contributed by atoms with Gasteiger partial charge in [0.15, 0.2) is 0 Å². The highest BCUT2D eigenvalue weighted by atomic mass is 19.3. The van der Waals surface area contributed by atoms with Crippen LogP contribution in [0.25, 0.3) is 11.0 Å². The first-order valence-electron chi connectivity index (χ1n) is 5.58. The van der Waals surface area contributed by atoms with E-state index in [2.05, 4.69) is 15.6 Å². The molecular weight excluding hydrogens is 256 g/mol. The largest absolute Gasteiger partial charge is 0.346 e. The first-order chi connectivity index (χ1) is 8.93. The van der Waals surface area contributed by atoms with Crippen LogP contribution >= 0.6 is 0 Å². The average molecular weight is 269 g/mol. The number of rotatable bonds is 4. The molecule has 2 rings (SSSR count). The predicted octanol–water partition coefficient (Wildman–Crippen LogP) is 0.292. The average Bonchev–Trinajstić information content (AvgIpc) is 2.77. The number of hydrogen-bond acceptors (Lipinski definition) is 4. The van der Waals surface area contributed by atoms with Crippen LogP contribution in [0.3, 0.4) is 0 Å². The molecule has 2 aromatic rings. The van der Waals surface area contributed by atoms with Crippen LogP contribution in [0.2, 0.25) is 0 Å². The van der Waals surface area contributed by atoms with Crippen molar-refractivity contribution in [3.05, 3.63) is 23.8 Å². The summed E-state index contributed by atoms with van der Waals surface area (Å²) in [7, 11) is 1.72. The van der Waals surface area contributed by atoms with Crippen molar-refractivity contribution in [3.8, 4) is 0 Å². The number of fused-ring (bicyclic) bond motifs is 1. The molecule has 0 bridgehead atoms. The number of amides is 1. The maximum atomic E-state index is 12.9. The molecule has 19 heavy (non-hydrogen) atoms. The van der Waals surface area contributed by atoms with Gasteiger partial charge in [-0.2, -0.15) is 0 Å². The second-order valence-electron chi connectivity index (χ2n) is 4.16. The van der Waals surface area contributed by atoms with E-state index in [1.807, 2.05) is 0 Å². The molecular formula is C11H13F2N5O. The van der Waals surface area contributed by atoms with Crippen LogP contribution in [0, 0.1) is 0 Å². The Morgan fingerprint density at radius 3 is 2.95 bits per heavy atom. The fourth-order valence-corrected chi connectivity index (χ4v) is 1.57. The number of carbonyl (C=O) groups excluding carboxylic acids is 1. The predicted molar refractivity (Wildman–Crippen MR) is 64.8 cm³/mol. The van der Waals surface area contributed by atoms with Crippen LogP contribution in [0.1, 0.15) is 10.4 Å². The lowest BCUT2D eigenvalue weighted by atomic mass is 10.2. The Morgan fingerprint density at radius 1 is 1.53 bits per heavy atom. The molecule has 0 unspecified atom stereocenters. The molecule has 6 nitrogen and oxygen atoms in total. The van der Waals surface area contributed by atoms with Crippen molar-refractivity contribution in [3.63, 3.8) is 0 Å². The number of hydrogen-bond donors (Lipinski definition) is 2. The van der Waals surface area contributed by atoms with Crippen LogP contribution in [-0.2, 0) is 7.05 Å². The zero-order chi connectivity index (χ0) is 14.0. The van der Waals surface area contributed by atoms with E-state index in [4.69, 9.17) is 5.73 Å². The standard InChI is InChI=1S/C11H13F2N5O/c1-18-9-3-2-7(4-8(9)16-17-18)10(19)15-6-11(12,13)5-14/h2-4H,5-6,14H2,1H3,(H,15,19). The maximum absolute atomic E-state index is 12.9. The van der Waals surface area contributed by atoms with E-state index < -0.39 is 24.9 Å². The molecule has 0 atom stereocenters. The summed E-state index contributed by atoms with van der Waals surface area (Å²) >= 11 is 0. The Hall–Kier alpha value is -2.09. The molecule has 0 fully saturated rings. The Balaban J connectivity index is 2.13. The maximum Gasteiger partial charge on any atom is 0.277 e. The van der Waals surface area contributed by atoms with Crippen LogP contribution in [0.15, 0.2) is 18.2 Å². The fraction of sp³-hybridized carbons (Fsp3) is 0.364. The molecule has 3 N–H and O–H groups in total. The summed E-state index contributed by atoms with van der Waals surface area (Å²) in [5, 5.41) is 9.78. The third kappa shape index (κ3) is 2.84. The van der Waals surface area contributed by atoms with Gasteiger partial charge >= 0.3 is 0 Å². The quantitative estimate of drug-likeness (QED) is 0.835. The molecule has 0 saturated carbocycles. The van der Waals surface area contributed by atoms with Crippen molar-refractivity contribution in [2.45, 2.75) is 5.92 Å². The van der Waals surface area contributed by atoms with Gasteiger partial charge < -0.3 is 11.1 Å². The number of aryl methyl sites for hydroxylation is 1. The lowest BCUT2D eigenvalue weighted by Gasteiger charge is -2.14. The van der Waals surface area contributed by atoms with Crippen molar-refractivity contribution >= 4 is 16.9 Å². The number of halogens is 2. The van der Waals surface area contributed by atoms with E-state index in [9.17, 15) is 13.6 Å². The molecule has 8 heteroatoms. The van der Waals surface area contributed by atoms with E-state index in [1.54, 1.807) is 17.8 Å². The Bertz CT molecular complexity index is 610. The van der Waals surface area contributed by atoms with Gasteiger partial charge in [-0.05, 0) is 18.2 Å². The minimum Gasteiger partial charge on any atom is -0.346 e. The topological polar surface area (TPSA) is 85.8 Å². The van der Waals surface area contributed by atoms with Crippen molar-refractivity contribution in [1.82, 2.24) is 20.3 Å². The third-order valence-corrected chi connectivity index (χ3v) is 2.68. The highest BCUT2D eigenvalue weighted by molar-refractivity contribution is 5.97. The van der Waals surface area contributed by atoms with Crippen molar-refractivity contribution in [2.75, 3.05) is 13.1 Å². The molecule has 1 aromatic carbocycles. The number of nitrogens with one attached hydrogen (secondary N) is 1. The smallest absolute Gasteiger partial charge is 0.277 e. The van der Waals surface area contributed by atoms with Gasteiger partial charge in [0, 0.05) is 12.6 Å². The second kappa shape index (κ2) is 4.88. The van der Waals surface area contributed by atoms with Crippen LogP contribution in [0.5, 0.6) is 0 Å². The van der Waals surface area contributed by atoms with E-state index >= 15 is 0 Å². The summed E-state index contributed by atoms with van der Waals surface area (Å²) in [5.41, 5.74) is 6.42. The van der Waals surface area contributed by atoms with Crippen LogP contribution < -0.4 is 11.1 Å². The van der Waals surface area contributed by atoms with E-state index in [1.165, 1.54) is 12.1 Å². The molecule has 0 aliphatic heterocycles. The molecule has 1 amide bonds. The summed E-state index contributed by atoms with van der Waals surface area (Å²) in [4.78, 5) is 11.7. The van der Waals surface area contributed by atoms with Crippen LogP contribution in [-0.4, -0.2) is 39.9 Å². The first-order valence-corrected chi connectivity index (χ1v) is 5.58. The van der Waals surface area contributed by atoms with Gasteiger partial charge in [0.2, 0.25) is 0 Å². The zero-order valence-corrected chi connectivity index (χ0v) is 10.2. The highest BCUT2D eigenvalue weighted by Crippen LogP contribution is 2.13. The minimum atomic E-state index is -3.10. The summed E-state index contributed by atoms with van der Waals surface area (Å²) in [6.07, 6.45) is 0. The number of nitrogens with zero attached hydrogens (tertiary/aromatic N) is 3. The zero-order valence-electron chi connectivity index (χ0n) is 10.2. The van der Waals surface area contributed by atoms with Crippen LogP contribution in [0.4, 0.5) is 8.78 Å². The lowest BCUT2D eigenvalue weighted by Crippen LogP contribution is -2.41. The molecule has 0 spiro atoms. The summed E-state index contributed by atoms with van der Waals surface area (Å²) in [6.45, 7) is -1.60. The molecule has 102 valence electrons. The van der Waals surface area contributed by atoms with Gasteiger partial charge in [0.1, 0.15) is 5.52 Å². The number of alkyl halides is 2. The lowest BCUT2D eigenvalue weighted by molar-refractivity contribution is 0.0118. The first kappa shape index (κ1) is 13.3. The molecule has 0 saturated heterocycles. The molecule has 0 aliphatic carbocycles.